The summed E-state index contributed by atoms with van der Waals surface area (Å²) < 4.78 is 2.07. The predicted octanol–water partition coefficient (Wildman–Crippen LogP) is 1.26. The number of hydrogen-bond donors (Lipinski definition) is 2. The molecule has 0 spiro atoms. The molecule has 0 radical (unpaired) electrons. The van der Waals surface area contributed by atoms with E-state index in [0.29, 0.717) is 12.2 Å². The van der Waals surface area contributed by atoms with E-state index in [9.17, 15) is 4.79 Å². The lowest BCUT2D eigenvalue weighted by Crippen LogP contribution is -2.28. The number of rotatable bonds is 5. The Morgan fingerprint density at radius 3 is 3.09 bits per heavy atom. The minimum absolute atomic E-state index is 0.106. The zero-order valence-corrected chi connectivity index (χ0v) is 13.1. The van der Waals surface area contributed by atoms with Crippen molar-refractivity contribution in [3.63, 3.8) is 0 Å². The van der Waals surface area contributed by atoms with E-state index in [2.05, 4.69) is 25.4 Å². The second kappa shape index (κ2) is 6.12. The molecular weight excluding hydrogens is 290 g/mol. The van der Waals surface area contributed by atoms with Crippen LogP contribution in [0.4, 0.5) is 0 Å². The van der Waals surface area contributed by atoms with Gasteiger partial charge in [0.15, 0.2) is 5.69 Å². The number of fused-ring (bicyclic) bond motifs is 1. The summed E-state index contributed by atoms with van der Waals surface area (Å²) in [7, 11) is 0. The highest BCUT2D eigenvalue weighted by Gasteiger charge is 2.28. The fraction of sp³-hybridized carbons (Fsp3) is 0.471. The van der Waals surface area contributed by atoms with Gasteiger partial charge >= 0.3 is 0 Å². The fourth-order valence-electron chi connectivity index (χ4n) is 3.06. The van der Waals surface area contributed by atoms with Gasteiger partial charge in [-0.2, -0.15) is 5.10 Å². The molecule has 2 aliphatic rings. The maximum absolute atomic E-state index is 12.6. The van der Waals surface area contributed by atoms with Crippen LogP contribution in [0.5, 0.6) is 0 Å². The highest BCUT2D eigenvalue weighted by atomic mass is 16.1. The van der Waals surface area contributed by atoms with Crippen LogP contribution in [0.3, 0.4) is 0 Å². The van der Waals surface area contributed by atoms with Gasteiger partial charge in [-0.25, -0.2) is 0 Å². The van der Waals surface area contributed by atoms with E-state index in [1.54, 1.807) is 6.20 Å². The first-order valence-electron chi connectivity index (χ1n) is 8.28. The lowest BCUT2D eigenvalue weighted by Gasteiger charge is -2.15. The predicted molar refractivity (Wildman–Crippen MR) is 85.8 cm³/mol. The highest BCUT2D eigenvalue weighted by Crippen LogP contribution is 2.32. The van der Waals surface area contributed by atoms with E-state index < -0.39 is 0 Å². The number of carbonyl (C=O) groups excluding carboxylic acids is 1. The molecule has 1 aliphatic carbocycles. The summed E-state index contributed by atoms with van der Waals surface area (Å²) in [5.74, 6) is 0.642. The van der Waals surface area contributed by atoms with Crippen LogP contribution in [0, 0.1) is 5.92 Å². The number of nitrogens with one attached hydrogen (secondary N) is 2. The third-order valence-electron chi connectivity index (χ3n) is 4.51. The molecule has 1 fully saturated rings. The summed E-state index contributed by atoms with van der Waals surface area (Å²) in [6, 6.07) is 5.69. The van der Waals surface area contributed by atoms with Crippen molar-refractivity contribution >= 4 is 5.91 Å². The molecule has 0 atom stereocenters. The smallest absolute Gasteiger partial charge is 0.272 e. The van der Waals surface area contributed by atoms with Crippen LogP contribution in [0.25, 0.3) is 0 Å². The van der Waals surface area contributed by atoms with Crippen molar-refractivity contribution in [3.8, 4) is 0 Å². The number of carbonyl (C=O) groups is 1. The van der Waals surface area contributed by atoms with Crippen molar-refractivity contribution in [2.45, 2.75) is 38.9 Å². The average Bonchev–Trinajstić information content (AvgIpc) is 3.34. The molecule has 2 aromatic heterocycles. The van der Waals surface area contributed by atoms with Crippen molar-refractivity contribution in [1.82, 2.24) is 25.4 Å². The van der Waals surface area contributed by atoms with E-state index in [1.807, 2.05) is 18.2 Å². The van der Waals surface area contributed by atoms with Crippen molar-refractivity contribution in [2.24, 2.45) is 5.92 Å². The number of nitrogens with zero attached hydrogens (tertiary/aromatic N) is 3. The average molecular weight is 311 g/mol. The third kappa shape index (κ3) is 3.12. The zero-order valence-electron chi connectivity index (χ0n) is 13.1. The second-order valence-electron chi connectivity index (χ2n) is 6.33. The normalized spacial score (nSPS) is 16.9. The number of hydrogen-bond acceptors (Lipinski definition) is 4. The van der Waals surface area contributed by atoms with Gasteiger partial charge in [0.2, 0.25) is 0 Å². The van der Waals surface area contributed by atoms with Crippen molar-refractivity contribution in [1.29, 1.82) is 0 Å². The highest BCUT2D eigenvalue weighted by molar-refractivity contribution is 5.94. The van der Waals surface area contributed by atoms with Crippen LogP contribution in [-0.4, -0.2) is 27.2 Å². The molecule has 0 saturated heterocycles. The minimum atomic E-state index is -0.106. The van der Waals surface area contributed by atoms with Crippen LogP contribution in [0.2, 0.25) is 0 Å². The molecule has 4 rings (SSSR count). The Bertz CT molecular complexity index is 705. The Labute approximate surface area is 135 Å². The third-order valence-corrected chi connectivity index (χ3v) is 4.51. The van der Waals surface area contributed by atoms with E-state index in [4.69, 9.17) is 0 Å². The molecule has 0 unspecified atom stereocenters. The van der Waals surface area contributed by atoms with Gasteiger partial charge in [-0.1, -0.05) is 6.07 Å². The first-order valence-corrected chi connectivity index (χ1v) is 8.28. The topological polar surface area (TPSA) is 71.8 Å². The van der Waals surface area contributed by atoms with Gasteiger partial charge in [0, 0.05) is 43.5 Å². The molecule has 0 bridgehead atoms. The molecule has 1 saturated carbocycles. The van der Waals surface area contributed by atoms with Gasteiger partial charge in [-0.15, -0.1) is 0 Å². The van der Waals surface area contributed by atoms with Crippen molar-refractivity contribution in [3.05, 3.63) is 47.0 Å². The van der Waals surface area contributed by atoms with E-state index in [-0.39, 0.29) is 5.91 Å². The number of aromatic nitrogens is 3. The largest absolute Gasteiger partial charge is 0.345 e. The van der Waals surface area contributed by atoms with Crippen LogP contribution >= 0.6 is 0 Å². The van der Waals surface area contributed by atoms with Gasteiger partial charge in [0.1, 0.15) is 0 Å². The molecular formula is C17H21N5O. The van der Waals surface area contributed by atoms with E-state index in [1.165, 1.54) is 18.5 Å². The van der Waals surface area contributed by atoms with E-state index >= 15 is 0 Å². The summed E-state index contributed by atoms with van der Waals surface area (Å²) in [6.45, 7) is 3.07. The van der Waals surface area contributed by atoms with Crippen molar-refractivity contribution in [2.75, 3.05) is 6.54 Å². The summed E-state index contributed by atoms with van der Waals surface area (Å²) in [5, 5.41) is 10.9. The SMILES string of the molecule is O=C(NCc1ccccn1)c1nn(CC2CC2)c2c1CNCC2. The molecule has 1 amide bonds. The standard InChI is InChI=1S/C17H21N5O/c23-17(20-9-13-3-1-2-7-19-13)16-14-10-18-8-6-15(14)22(21-16)11-12-4-5-12/h1-3,7,12,18H,4-6,8-11H2,(H,20,23). The van der Waals surface area contributed by atoms with Crippen molar-refractivity contribution < 1.29 is 4.79 Å². The molecule has 1 aliphatic heterocycles. The lowest BCUT2D eigenvalue weighted by atomic mass is 10.1. The van der Waals surface area contributed by atoms with Crippen LogP contribution < -0.4 is 10.6 Å². The Morgan fingerprint density at radius 2 is 2.30 bits per heavy atom. The van der Waals surface area contributed by atoms with Gasteiger partial charge in [0.25, 0.3) is 5.91 Å². The van der Waals surface area contributed by atoms with Gasteiger partial charge in [-0.05, 0) is 30.9 Å². The molecule has 3 heterocycles. The first-order chi connectivity index (χ1) is 11.3. The monoisotopic (exact) mass is 311 g/mol. The summed E-state index contributed by atoms with van der Waals surface area (Å²) >= 11 is 0. The first kappa shape index (κ1) is 14.4. The zero-order chi connectivity index (χ0) is 15.6. The lowest BCUT2D eigenvalue weighted by molar-refractivity contribution is 0.0943. The molecule has 6 heteroatoms. The van der Waals surface area contributed by atoms with Crippen LogP contribution in [0.15, 0.2) is 24.4 Å². The summed E-state index contributed by atoms with van der Waals surface area (Å²) in [5.41, 5.74) is 3.73. The van der Waals surface area contributed by atoms with Gasteiger partial charge in [-0.3, -0.25) is 14.5 Å². The van der Waals surface area contributed by atoms with Gasteiger partial charge in [0.05, 0.1) is 12.2 Å². The molecule has 23 heavy (non-hydrogen) atoms. The molecule has 120 valence electrons. The summed E-state index contributed by atoms with van der Waals surface area (Å²) in [4.78, 5) is 16.8. The van der Waals surface area contributed by atoms with Crippen LogP contribution in [0.1, 0.15) is 40.3 Å². The van der Waals surface area contributed by atoms with E-state index in [0.717, 1.165) is 43.2 Å². The number of amides is 1. The van der Waals surface area contributed by atoms with Crippen LogP contribution in [-0.2, 0) is 26.1 Å². The Hall–Kier alpha value is -2.21. The molecule has 6 nitrogen and oxygen atoms in total. The number of pyridine rings is 1. The minimum Gasteiger partial charge on any atom is -0.345 e. The maximum atomic E-state index is 12.6. The molecule has 2 aromatic rings. The van der Waals surface area contributed by atoms with Gasteiger partial charge < -0.3 is 10.6 Å². The molecule has 0 aromatic carbocycles. The maximum Gasteiger partial charge on any atom is 0.272 e. The Balaban J connectivity index is 1.52. The fourth-order valence-corrected chi connectivity index (χ4v) is 3.06. The second-order valence-corrected chi connectivity index (χ2v) is 6.33. The quantitative estimate of drug-likeness (QED) is 0.872. The Morgan fingerprint density at radius 1 is 1.39 bits per heavy atom. The summed E-state index contributed by atoms with van der Waals surface area (Å²) in [6.07, 6.45) is 5.25. The molecule has 2 N–H and O–H groups in total. The Kier molecular flexibility index (Phi) is 3.83.